The monoisotopic (exact) mass is 310 g/mol. The number of amides is 1. The first kappa shape index (κ1) is 16.1. The molecule has 2 N–H and O–H groups in total. The summed E-state index contributed by atoms with van der Waals surface area (Å²) in [6.45, 7) is 6.76. The van der Waals surface area contributed by atoms with Gasteiger partial charge in [-0.25, -0.2) is 0 Å². The number of carbonyl (C=O) groups excluding carboxylic acids is 1. The summed E-state index contributed by atoms with van der Waals surface area (Å²) in [6, 6.07) is 4.95. The van der Waals surface area contributed by atoms with E-state index in [4.69, 9.17) is 11.6 Å². The Labute approximate surface area is 131 Å². The molecule has 0 radical (unpaired) electrons. The largest absolute Gasteiger partial charge is 0.508 e. The standard InChI is InChI=1S/C16H23ClN2O2/c1-3-7-18-15-6-8-19(10-11(15)2)16(21)13-9-12(20)4-5-14(13)17/h4-5,9,11,15,18,20H,3,6-8,10H2,1-2H3. The number of carbonyl (C=O) groups is 1. The Morgan fingerprint density at radius 3 is 2.95 bits per heavy atom. The molecule has 4 nitrogen and oxygen atoms in total. The van der Waals surface area contributed by atoms with Gasteiger partial charge in [-0.15, -0.1) is 0 Å². The number of piperidine rings is 1. The van der Waals surface area contributed by atoms with Gasteiger partial charge in [-0.05, 0) is 43.5 Å². The van der Waals surface area contributed by atoms with Crippen molar-refractivity contribution in [2.75, 3.05) is 19.6 Å². The molecule has 1 saturated heterocycles. The molecule has 0 bridgehead atoms. The zero-order chi connectivity index (χ0) is 15.4. The Kier molecular flexibility index (Phi) is 5.48. The van der Waals surface area contributed by atoms with E-state index in [1.807, 2.05) is 4.90 Å². The summed E-state index contributed by atoms with van der Waals surface area (Å²) in [5.41, 5.74) is 0.379. The van der Waals surface area contributed by atoms with E-state index in [2.05, 4.69) is 19.2 Å². The molecule has 21 heavy (non-hydrogen) atoms. The van der Waals surface area contributed by atoms with Crippen LogP contribution >= 0.6 is 11.6 Å². The molecule has 1 amide bonds. The third kappa shape index (κ3) is 3.89. The average Bonchev–Trinajstić information content (AvgIpc) is 2.47. The van der Waals surface area contributed by atoms with E-state index in [1.165, 1.54) is 12.1 Å². The van der Waals surface area contributed by atoms with Crippen molar-refractivity contribution in [2.45, 2.75) is 32.7 Å². The number of nitrogens with one attached hydrogen (secondary N) is 1. The van der Waals surface area contributed by atoms with Gasteiger partial charge in [0.15, 0.2) is 0 Å². The topological polar surface area (TPSA) is 52.6 Å². The molecule has 2 rings (SSSR count). The number of halogens is 1. The van der Waals surface area contributed by atoms with Crippen LogP contribution in [-0.4, -0.2) is 41.6 Å². The van der Waals surface area contributed by atoms with Gasteiger partial charge in [0, 0.05) is 19.1 Å². The molecule has 0 aromatic heterocycles. The second-order valence-electron chi connectivity index (χ2n) is 5.74. The molecule has 1 fully saturated rings. The summed E-state index contributed by atoms with van der Waals surface area (Å²) in [5, 5.41) is 13.5. The summed E-state index contributed by atoms with van der Waals surface area (Å²) in [4.78, 5) is 14.4. The van der Waals surface area contributed by atoms with Gasteiger partial charge in [-0.1, -0.05) is 25.4 Å². The van der Waals surface area contributed by atoms with Crippen molar-refractivity contribution in [1.82, 2.24) is 10.2 Å². The molecule has 1 aromatic rings. The number of hydrogen-bond acceptors (Lipinski definition) is 3. The number of nitrogens with zero attached hydrogens (tertiary/aromatic N) is 1. The Bertz CT molecular complexity index is 507. The molecule has 1 aliphatic rings. The van der Waals surface area contributed by atoms with Crippen LogP contribution in [-0.2, 0) is 0 Å². The molecule has 0 aliphatic carbocycles. The molecule has 116 valence electrons. The molecule has 1 aliphatic heterocycles. The summed E-state index contributed by atoms with van der Waals surface area (Å²) >= 11 is 6.07. The molecular weight excluding hydrogens is 288 g/mol. The molecule has 1 heterocycles. The second kappa shape index (κ2) is 7.14. The first-order chi connectivity index (χ1) is 10.0. The van der Waals surface area contributed by atoms with E-state index in [1.54, 1.807) is 6.07 Å². The van der Waals surface area contributed by atoms with Gasteiger partial charge < -0.3 is 15.3 Å². The van der Waals surface area contributed by atoms with Crippen LogP contribution in [0.1, 0.15) is 37.0 Å². The number of phenolic OH excluding ortho intramolecular Hbond substituents is 1. The minimum atomic E-state index is -0.100. The molecule has 1 aromatic carbocycles. The first-order valence-corrected chi connectivity index (χ1v) is 7.92. The quantitative estimate of drug-likeness (QED) is 0.899. The van der Waals surface area contributed by atoms with E-state index in [9.17, 15) is 9.90 Å². The van der Waals surface area contributed by atoms with E-state index in [0.29, 0.717) is 29.1 Å². The number of likely N-dealkylation sites (tertiary alicyclic amines) is 1. The predicted octanol–water partition coefficient (Wildman–Crippen LogP) is 2.90. The summed E-state index contributed by atoms with van der Waals surface area (Å²) in [7, 11) is 0. The second-order valence-corrected chi connectivity index (χ2v) is 6.15. The Morgan fingerprint density at radius 2 is 2.29 bits per heavy atom. The average molecular weight is 311 g/mol. The Hall–Kier alpha value is -1.26. The third-order valence-electron chi connectivity index (χ3n) is 4.03. The summed E-state index contributed by atoms with van der Waals surface area (Å²) < 4.78 is 0. The zero-order valence-electron chi connectivity index (χ0n) is 12.6. The highest BCUT2D eigenvalue weighted by Crippen LogP contribution is 2.25. The lowest BCUT2D eigenvalue weighted by Crippen LogP contribution is -2.50. The molecule has 2 unspecified atom stereocenters. The normalized spacial score (nSPS) is 22.3. The van der Waals surface area contributed by atoms with Crippen molar-refractivity contribution in [2.24, 2.45) is 5.92 Å². The minimum Gasteiger partial charge on any atom is -0.508 e. The molecule has 2 atom stereocenters. The number of phenols is 1. The van der Waals surface area contributed by atoms with Gasteiger partial charge >= 0.3 is 0 Å². The molecule has 0 saturated carbocycles. The lowest BCUT2D eigenvalue weighted by molar-refractivity contribution is 0.0645. The van der Waals surface area contributed by atoms with Gasteiger partial charge in [-0.3, -0.25) is 4.79 Å². The van der Waals surface area contributed by atoms with E-state index < -0.39 is 0 Å². The van der Waals surface area contributed by atoms with Crippen LogP contribution in [0.2, 0.25) is 5.02 Å². The van der Waals surface area contributed by atoms with Crippen LogP contribution in [0.3, 0.4) is 0 Å². The maximum Gasteiger partial charge on any atom is 0.255 e. The highest BCUT2D eigenvalue weighted by Gasteiger charge is 2.29. The van der Waals surface area contributed by atoms with Crippen LogP contribution in [0.15, 0.2) is 18.2 Å². The molecular formula is C16H23ClN2O2. The zero-order valence-corrected chi connectivity index (χ0v) is 13.4. The fourth-order valence-electron chi connectivity index (χ4n) is 2.81. The van der Waals surface area contributed by atoms with Gasteiger partial charge in [0.2, 0.25) is 0 Å². The lowest BCUT2D eigenvalue weighted by atomic mass is 9.93. The predicted molar refractivity (Wildman–Crippen MR) is 84.9 cm³/mol. The Balaban J connectivity index is 2.03. The maximum absolute atomic E-state index is 12.5. The van der Waals surface area contributed by atoms with Crippen molar-refractivity contribution >= 4 is 17.5 Å². The van der Waals surface area contributed by atoms with Gasteiger partial charge in [-0.2, -0.15) is 0 Å². The number of benzene rings is 1. The fraction of sp³-hybridized carbons (Fsp3) is 0.562. The van der Waals surface area contributed by atoms with Crippen LogP contribution in [0.4, 0.5) is 0 Å². The molecule has 5 heteroatoms. The van der Waals surface area contributed by atoms with Gasteiger partial charge in [0.05, 0.1) is 10.6 Å². The van der Waals surface area contributed by atoms with Crippen molar-refractivity contribution in [1.29, 1.82) is 0 Å². The third-order valence-corrected chi connectivity index (χ3v) is 4.36. The fourth-order valence-corrected chi connectivity index (χ4v) is 3.01. The smallest absolute Gasteiger partial charge is 0.255 e. The van der Waals surface area contributed by atoms with Crippen LogP contribution in [0.25, 0.3) is 0 Å². The number of aromatic hydroxyl groups is 1. The number of hydrogen-bond donors (Lipinski definition) is 2. The maximum atomic E-state index is 12.5. The van der Waals surface area contributed by atoms with Gasteiger partial charge in [0.1, 0.15) is 5.75 Å². The summed E-state index contributed by atoms with van der Waals surface area (Å²) in [6.07, 6.45) is 2.06. The lowest BCUT2D eigenvalue weighted by Gasteiger charge is -2.37. The SMILES string of the molecule is CCCNC1CCN(C(=O)c2cc(O)ccc2Cl)CC1C. The molecule has 0 spiro atoms. The minimum absolute atomic E-state index is 0.0651. The van der Waals surface area contributed by atoms with Gasteiger partial charge in [0.25, 0.3) is 5.91 Å². The number of rotatable bonds is 4. The van der Waals surface area contributed by atoms with E-state index in [0.717, 1.165) is 25.9 Å². The first-order valence-electron chi connectivity index (χ1n) is 7.54. The van der Waals surface area contributed by atoms with Crippen molar-refractivity contribution in [3.63, 3.8) is 0 Å². The van der Waals surface area contributed by atoms with Crippen molar-refractivity contribution in [3.8, 4) is 5.75 Å². The summed E-state index contributed by atoms with van der Waals surface area (Å²) in [5.74, 6) is 0.373. The highest BCUT2D eigenvalue weighted by atomic mass is 35.5. The Morgan fingerprint density at radius 1 is 1.52 bits per heavy atom. The van der Waals surface area contributed by atoms with Crippen LogP contribution in [0, 0.1) is 5.92 Å². The highest BCUT2D eigenvalue weighted by molar-refractivity contribution is 6.33. The van der Waals surface area contributed by atoms with Crippen molar-refractivity contribution < 1.29 is 9.90 Å². The van der Waals surface area contributed by atoms with E-state index >= 15 is 0 Å². The van der Waals surface area contributed by atoms with Crippen LogP contribution in [0.5, 0.6) is 5.75 Å². The van der Waals surface area contributed by atoms with E-state index in [-0.39, 0.29) is 11.7 Å². The van der Waals surface area contributed by atoms with Crippen LogP contribution < -0.4 is 5.32 Å². The van der Waals surface area contributed by atoms with Crippen molar-refractivity contribution in [3.05, 3.63) is 28.8 Å².